The standard InChI is InChI=1S/C21H18F2N4O2S/c1-12-6-7-19(25-13(12)2)27-21(28)26(20-18(30-27)5-4-8-24-20)11-15-16(22)9-14(29-3)10-17(15)23/h4-10H,11H2,1-3H3. The van der Waals surface area contributed by atoms with Gasteiger partial charge in [0.05, 0.1) is 18.6 Å². The van der Waals surface area contributed by atoms with Gasteiger partial charge in [-0.25, -0.2) is 27.8 Å². The van der Waals surface area contributed by atoms with Gasteiger partial charge >= 0.3 is 6.03 Å². The van der Waals surface area contributed by atoms with Gasteiger partial charge in [-0.3, -0.25) is 4.90 Å². The molecule has 0 saturated heterocycles. The molecule has 0 fully saturated rings. The Morgan fingerprint density at radius 2 is 1.87 bits per heavy atom. The number of carbonyl (C=O) groups excluding carboxylic acids is 1. The first kappa shape index (κ1) is 20.1. The average Bonchev–Trinajstić information content (AvgIpc) is 2.73. The number of ether oxygens (including phenoxy) is 1. The molecule has 0 unspecified atom stereocenters. The SMILES string of the molecule is COc1cc(F)c(CN2C(=O)N(c3ccc(C)c(C)n3)Sc3cccnc32)c(F)c1. The number of benzene rings is 1. The molecule has 3 heterocycles. The zero-order valence-corrected chi connectivity index (χ0v) is 17.3. The summed E-state index contributed by atoms with van der Waals surface area (Å²) in [7, 11) is 1.33. The van der Waals surface area contributed by atoms with Gasteiger partial charge < -0.3 is 4.74 Å². The van der Waals surface area contributed by atoms with Crippen LogP contribution in [0.25, 0.3) is 0 Å². The fourth-order valence-corrected chi connectivity index (χ4v) is 3.97. The highest BCUT2D eigenvalue weighted by Crippen LogP contribution is 2.40. The van der Waals surface area contributed by atoms with Crippen molar-refractivity contribution in [2.24, 2.45) is 0 Å². The summed E-state index contributed by atoms with van der Waals surface area (Å²) in [6.45, 7) is 3.46. The van der Waals surface area contributed by atoms with E-state index in [1.807, 2.05) is 19.9 Å². The summed E-state index contributed by atoms with van der Waals surface area (Å²) in [5, 5.41) is 0. The first-order valence-electron chi connectivity index (χ1n) is 9.10. The number of nitrogens with zero attached hydrogens (tertiary/aromatic N) is 4. The molecule has 2 amide bonds. The van der Waals surface area contributed by atoms with Crippen molar-refractivity contribution in [1.29, 1.82) is 0 Å². The van der Waals surface area contributed by atoms with Crippen molar-refractivity contribution in [3.63, 3.8) is 0 Å². The van der Waals surface area contributed by atoms with Crippen molar-refractivity contribution in [3.05, 3.63) is 71.1 Å². The number of amides is 2. The second-order valence-electron chi connectivity index (χ2n) is 6.72. The van der Waals surface area contributed by atoms with E-state index in [9.17, 15) is 13.6 Å². The molecule has 0 N–H and O–H groups in total. The van der Waals surface area contributed by atoms with Crippen LogP contribution in [0, 0.1) is 25.5 Å². The minimum atomic E-state index is -0.800. The summed E-state index contributed by atoms with van der Waals surface area (Å²) in [5.74, 6) is -0.767. The monoisotopic (exact) mass is 428 g/mol. The van der Waals surface area contributed by atoms with E-state index in [2.05, 4.69) is 9.97 Å². The molecular weight excluding hydrogens is 410 g/mol. The molecule has 0 saturated carbocycles. The van der Waals surface area contributed by atoms with Gasteiger partial charge in [0.1, 0.15) is 23.2 Å². The van der Waals surface area contributed by atoms with Crippen LogP contribution >= 0.6 is 11.9 Å². The molecule has 3 aromatic rings. The molecule has 0 bridgehead atoms. The summed E-state index contributed by atoms with van der Waals surface area (Å²) in [4.78, 5) is 24.0. The molecule has 0 spiro atoms. The lowest BCUT2D eigenvalue weighted by molar-refractivity contribution is 0.253. The zero-order valence-electron chi connectivity index (χ0n) is 16.5. The fourth-order valence-electron chi connectivity index (χ4n) is 3.02. The number of anilines is 2. The predicted octanol–water partition coefficient (Wildman–Crippen LogP) is 5.03. The molecular formula is C21H18F2N4O2S. The number of halogens is 2. The number of methoxy groups -OCH3 is 1. The zero-order chi connectivity index (χ0) is 21.4. The number of hydrogen-bond donors (Lipinski definition) is 0. The maximum absolute atomic E-state index is 14.6. The van der Waals surface area contributed by atoms with Gasteiger partial charge in [0, 0.05) is 41.5 Å². The summed E-state index contributed by atoms with van der Waals surface area (Å²) in [6.07, 6.45) is 1.53. The highest BCUT2D eigenvalue weighted by molar-refractivity contribution is 8.01. The molecule has 6 nitrogen and oxygen atoms in total. The van der Waals surface area contributed by atoms with Crippen LogP contribution in [0.3, 0.4) is 0 Å². The maximum Gasteiger partial charge on any atom is 0.342 e. The molecule has 0 atom stereocenters. The van der Waals surface area contributed by atoms with E-state index in [1.165, 1.54) is 34.5 Å². The summed E-state index contributed by atoms with van der Waals surface area (Å²) in [5.41, 5.74) is 1.53. The Labute approximate surface area is 176 Å². The van der Waals surface area contributed by atoms with Gasteiger partial charge in [-0.2, -0.15) is 0 Å². The van der Waals surface area contributed by atoms with Crippen LogP contribution in [0.2, 0.25) is 0 Å². The van der Waals surface area contributed by atoms with Crippen LogP contribution in [0.4, 0.5) is 25.2 Å². The topological polar surface area (TPSA) is 58.6 Å². The maximum atomic E-state index is 14.6. The third-order valence-corrected chi connectivity index (χ3v) is 5.85. The number of aryl methyl sites for hydroxylation is 2. The van der Waals surface area contributed by atoms with E-state index in [0.29, 0.717) is 16.5 Å². The van der Waals surface area contributed by atoms with Crippen LogP contribution in [-0.2, 0) is 6.54 Å². The Bertz CT molecular complexity index is 1120. The van der Waals surface area contributed by atoms with Gasteiger partial charge in [0.15, 0.2) is 5.82 Å². The molecule has 2 aromatic heterocycles. The number of hydrogen-bond acceptors (Lipinski definition) is 5. The average molecular weight is 428 g/mol. The van der Waals surface area contributed by atoms with E-state index < -0.39 is 17.7 Å². The number of aromatic nitrogens is 2. The molecule has 4 rings (SSSR count). The summed E-state index contributed by atoms with van der Waals surface area (Å²) < 4.78 is 35.4. The third-order valence-electron chi connectivity index (χ3n) is 4.81. The predicted molar refractivity (Wildman–Crippen MR) is 111 cm³/mol. The quantitative estimate of drug-likeness (QED) is 0.545. The van der Waals surface area contributed by atoms with Crippen molar-refractivity contribution in [1.82, 2.24) is 9.97 Å². The third kappa shape index (κ3) is 3.56. The Morgan fingerprint density at radius 1 is 1.13 bits per heavy atom. The van der Waals surface area contributed by atoms with E-state index in [4.69, 9.17) is 4.74 Å². The molecule has 9 heteroatoms. The number of carbonyl (C=O) groups is 1. The lowest BCUT2D eigenvalue weighted by Crippen LogP contribution is -2.44. The highest BCUT2D eigenvalue weighted by Gasteiger charge is 2.35. The number of fused-ring (bicyclic) bond motifs is 1. The summed E-state index contributed by atoms with van der Waals surface area (Å²) in [6, 6.07) is 8.82. The second kappa shape index (κ2) is 7.91. The van der Waals surface area contributed by atoms with Crippen LogP contribution < -0.4 is 13.9 Å². The largest absolute Gasteiger partial charge is 0.497 e. The molecule has 1 aliphatic rings. The normalized spacial score (nSPS) is 13.4. The number of urea groups is 1. The highest BCUT2D eigenvalue weighted by atomic mass is 32.2. The molecule has 0 radical (unpaired) electrons. The Balaban J connectivity index is 1.76. The first-order valence-corrected chi connectivity index (χ1v) is 9.87. The van der Waals surface area contributed by atoms with Crippen LogP contribution in [-0.4, -0.2) is 23.1 Å². The summed E-state index contributed by atoms with van der Waals surface area (Å²) >= 11 is 1.17. The number of pyridine rings is 2. The minimum absolute atomic E-state index is 0.0637. The smallest absolute Gasteiger partial charge is 0.342 e. The Morgan fingerprint density at radius 3 is 2.53 bits per heavy atom. The Kier molecular flexibility index (Phi) is 5.29. The molecule has 0 aliphatic carbocycles. The number of rotatable bonds is 4. The van der Waals surface area contributed by atoms with Gasteiger partial charge in [-0.15, -0.1) is 0 Å². The van der Waals surface area contributed by atoms with Gasteiger partial charge in [-0.1, -0.05) is 6.07 Å². The van der Waals surface area contributed by atoms with E-state index in [0.717, 1.165) is 23.4 Å². The lowest BCUT2D eigenvalue weighted by atomic mass is 10.1. The van der Waals surface area contributed by atoms with Crippen molar-refractivity contribution < 1.29 is 18.3 Å². The van der Waals surface area contributed by atoms with E-state index in [1.54, 1.807) is 18.2 Å². The first-order chi connectivity index (χ1) is 14.4. The van der Waals surface area contributed by atoms with E-state index in [-0.39, 0.29) is 17.9 Å². The van der Waals surface area contributed by atoms with Crippen molar-refractivity contribution in [3.8, 4) is 5.75 Å². The minimum Gasteiger partial charge on any atom is -0.497 e. The van der Waals surface area contributed by atoms with Crippen molar-refractivity contribution >= 4 is 29.6 Å². The molecule has 1 aliphatic heterocycles. The van der Waals surface area contributed by atoms with Crippen LogP contribution in [0.5, 0.6) is 5.75 Å². The lowest BCUT2D eigenvalue weighted by Gasteiger charge is -2.34. The molecule has 30 heavy (non-hydrogen) atoms. The van der Waals surface area contributed by atoms with Gasteiger partial charge in [0.2, 0.25) is 0 Å². The van der Waals surface area contributed by atoms with Gasteiger partial charge in [0.25, 0.3) is 0 Å². The van der Waals surface area contributed by atoms with Crippen molar-refractivity contribution in [2.45, 2.75) is 25.3 Å². The van der Waals surface area contributed by atoms with E-state index >= 15 is 0 Å². The van der Waals surface area contributed by atoms with Crippen LogP contribution in [0.1, 0.15) is 16.8 Å². The van der Waals surface area contributed by atoms with Gasteiger partial charge in [-0.05, 0) is 37.6 Å². The van der Waals surface area contributed by atoms with Crippen LogP contribution in [0.15, 0.2) is 47.5 Å². The van der Waals surface area contributed by atoms with Crippen molar-refractivity contribution in [2.75, 3.05) is 16.3 Å². The molecule has 154 valence electrons. The molecule has 1 aromatic carbocycles. The second-order valence-corrected chi connectivity index (χ2v) is 7.71. The Hall–Kier alpha value is -3.20. The fraction of sp³-hybridized carbons (Fsp3) is 0.190.